The van der Waals surface area contributed by atoms with Crippen LogP contribution in [-0.4, -0.2) is 30.9 Å². The average Bonchev–Trinajstić information content (AvgIpc) is 2.96. The Bertz CT molecular complexity index is 930. The van der Waals surface area contributed by atoms with Gasteiger partial charge in [0.05, 0.1) is 17.0 Å². The van der Waals surface area contributed by atoms with Crippen LogP contribution in [-0.2, 0) is 9.53 Å². The monoisotopic (exact) mass is 417 g/mol. The first kappa shape index (κ1) is 22.6. The molecule has 1 N–H and O–H groups in total. The first-order chi connectivity index (χ1) is 13.6. The molecule has 0 aliphatic carbocycles. The van der Waals surface area contributed by atoms with Gasteiger partial charge in [-0.25, -0.2) is 4.79 Å². The van der Waals surface area contributed by atoms with Crippen LogP contribution in [0.3, 0.4) is 0 Å². The zero-order valence-electron chi connectivity index (χ0n) is 17.7. The van der Waals surface area contributed by atoms with Gasteiger partial charge in [-0.05, 0) is 56.4 Å². The van der Waals surface area contributed by atoms with Crippen molar-refractivity contribution < 1.29 is 23.9 Å². The van der Waals surface area contributed by atoms with Gasteiger partial charge in [0.1, 0.15) is 10.8 Å². The molecule has 0 saturated heterocycles. The predicted octanol–water partition coefficient (Wildman–Crippen LogP) is 4.89. The Morgan fingerprint density at radius 1 is 1.17 bits per heavy atom. The molecule has 1 aromatic heterocycles. The summed E-state index contributed by atoms with van der Waals surface area (Å²) in [5.74, 6) is -0.236. The van der Waals surface area contributed by atoms with Gasteiger partial charge < -0.3 is 14.8 Å². The first-order valence-electron chi connectivity index (χ1n) is 9.50. The molecule has 6 nitrogen and oxygen atoms in total. The Hall–Kier alpha value is -2.67. The number of ketones is 1. The van der Waals surface area contributed by atoms with Crippen LogP contribution in [0.15, 0.2) is 18.2 Å². The van der Waals surface area contributed by atoms with Gasteiger partial charge >= 0.3 is 5.97 Å². The molecule has 0 spiro atoms. The fraction of sp³-hybridized carbons (Fsp3) is 0.409. The number of esters is 1. The van der Waals surface area contributed by atoms with Crippen LogP contribution in [0.4, 0.5) is 5.00 Å². The number of amides is 1. The first-order valence-corrected chi connectivity index (χ1v) is 10.3. The molecule has 156 valence electrons. The van der Waals surface area contributed by atoms with Crippen molar-refractivity contribution >= 4 is 34.0 Å². The number of Topliss-reactive ketones (excluding diaryl/α,β-unsaturated/α-hetero) is 1. The number of carbonyl (C=O) groups is 3. The molecule has 0 unspecified atom stereocenters. The Morgan fingerprint density at radius 3 is 2.45 bits per heavy atom. The van der Waals surface area contributed by atoms with Crippen molar-refractivity contribution in [3.8, 4) is 5.75 Å². The highest BCUT2D eigenvalue weighted by Crippen LogP contribution is 2.34. The van der Waals surface area contributed by atoms with E-state index in [9.17, 15) is 14.4 Å². The second kappa shape index (κ2) is 9.69. The lowest BCUT2D eigenvalue weighted by molar-refractivity contribution is -0.118. The molecule has 0 atom stereocenters. The van der Waals surface area contributed by atoms with Crippen LogP contribution < -0.4 is 10.1 Å². The third-order valence-corrected chi connectivity index (χ3v) is 5.66. The molecule has 0 bridgehead atoms. The van der Waals surface area contributed by atoms with Gasteiger partial charge in [0.2, 0.25) is 0 Å². The van der Waals surface area contributed by atoms with Crippen molar-refractivity contribution in [3.63, 3.8) is 0 Å². The largest absolute Gasteiger partial charge is 0.483 e. The van der Waals surface area contributed by atoms with Gasteiger partial charge in [-0.3, -0.25) is 9.59 Å². The molecule has 1 heterocycles. The average molecular weight is 418 g/mol. The number of ether oxygens (including phenoxy) is 2. The van der Waals surface area contributed by atoms with E-state index < -0.39 is 11.9 Å². The van der Waals surface area contributed by atoms with Crippen LogP contribution in [0, 0.1) is 13.8 Å². The molecule has 2 aromatic rings. The van der Waals surface area contributed by atoms with Crippen molar-refractivity contribution in [3.05, 3.63) is 45.3 Å². The summed E-state index contributed by atoms with van der Waals surface area (Å²) in [4.78, 5) is 37.1. The van der Waals surface area contributed by atoms with E-state index >= 15 is 0 Å². The van der Waals surface area contributed by atoms with E-state index in [-0.39, 0.29) is 30.5 Å². The van der Waals surface area contributed by atoms with Gasteiger partial charge in [0.25, 0.3) is 5.91 Å². The van der Waals surface area contributed by atoms with Gasteiger partial charge in [-0.15, -0.1) is 11.3 Å². The number of benzene rings is 1. The van der Waals surface area contributed by atoms with Crippen molar-refractivity contribution in [2.45, 2.75) is 47.5 Å². The third-order valence-electron chi connectivity index (χ3n) is 4.35. The van der Waals surface area contributed by atoms with E-state index in [4.69, 9.17) is 9.47 Å². The molecular weight excluding hydrogens is 390 g/mol. The number of thiophene rings is 1. The molecule has 29 heavy (non-hydrogen) atoms. The Labute approximate surface area is 175 Å². The van der Waals surface area contributed by atoms with Crippen LogP contribution in [0.5, 0.6) is 5.75 Å². The Balaban J connectivity index is 2.21. The number of rotatable bonds is 8. The molecular formula is C22H27NO5S. The SMILES string of the molecule is CCOC(=O)c1c(NC(=O)COc2cc(C)ccc2C(C)C)sc(C(C)=O)c1C. The van der Waals surface area contributed by atoms with E-state index in [2.05, 4.69) is 19.2 Å². The zero-order chi connectivity index (χ0) is 21.7. The van der Waals surface area contributed by atoms with Gasteiger partial charge in [-0.2, -0.15) is 0 Å². The number of hydrogen-bond acceptors (Lipinski definition) is 6. The molecule has 0 aliphatic heterocycles. The van der Waals surface area contributed by atoms with Crippen LogP contribution >= 0.6 is 11.3 Å². The Kier molecular flexibility index (Phi) is 7.56. The second-order valence-corrected chi connectivity index (χ2v) is 8.09. The van der Waals surface area contributed by atoms with Crippen LogP contribution in [0.25, 0.3) is 0 Å². The van der Waals surface area contributed by atoms with E-state index in [1.807, 2.05) is 25.1 Å². The summed E-state index contributed by atoms with van der Waals surface area (Å²) in [5.41, 5.74) is 2.78. The molecule has 7 heteroatoms. The lowest BCUT2D eigenvalue weighted by atomic mass is 10.0. The summed E-state index contributed by atoms with van der Waals surface area (Å²) in [6, 6.07) is 5.90. The third kappa shape index (κ3) is 5.44. The van der Waals surface area contributed by atoms with E-state index in [1.54, 1.807) is 13.8 Å². The molecule has 0 aliphatic rings. The van der Waals surface area contributed by atoms with Crippen LogP contribution in [0.1, 0.15) is 70.3 Å². The summed E-state index contributed by atoms with van der Waals surface area (Å²) < 4.78 is 10.8. The van der Waals surface area contributed by atoms with Gasteiger partial charge in [0.15, 0.2) is 12.4 Å². The molecule has 0 saturated carbocycles. The number of nitrogens with one attached hydrogen (secondary N) is 1. The minimum absolute atomic E-state index is 0.170. The summed E-state index contributed by atoms with van der Waals surface area (Å²) in [6.45, 7) is 10.9. The minimum Gasteiger partial charge on any atom is -0.483 e. The normalized spacial score (nSPS) is 10.7. The summed E-state index contributed by atoms with van der Waals surface area (Å²) in [7, 11) is 0. The molecule has 0 fully saturated rings. The lowest BCUT2D eigenvalue weighted by Gasteiger charge is -2.15. The molecule has 2 rings (SSSR count). The quantitative estimate of drug-likeness (QED) is 0.489. The summed E-state index contributed by atoms with van der Waals surface area (Å²) in [6.07, 6.45) is 0. The summed E-state index contributed by atoms with van der Waals surface area (Å²) in [5, 5.41) is 3.00. The number of hydrogen-bond donors (Lipinski definition) is 1. The highest BCUT2D eigenvalue weighted by molar-refractivity contribution is 7.18. The maximum atomic E-state index is 12.5. The number of aryl methyl sites for hydroxylation is 1. The zero-order valence-corrected chi connectivity index (χ0v) is 18.5. The number of anilines is 1. The highest BCUT2D eigenvalue weighted by Gasteiger charge is 2.25. The number of carbonyl (C=O) groups excluding carboxylic acids is 3. The van der Waals surface area contributed by atoms with Gasteiger partial charge in [-0.1, -0.05) is 26.0 Å². The minimum atomic E-state index is -0.564. The van der Waals surface area contributed by atoms with E-state index in [0.29, 0.717) is 21.2 Å². The predicted molar refractivity (Wildman–Crippen MR) is 114 cm³/mol. The fourth-order valence-corrected chi connectivity index (χ4v) is 4.04. The maximum absolute atomic E-state index is 12.5. The van der Waals surface area contributed by atoms with Crippen molar-refractivity contribution in [1.82, 2.24) is 0 Å². The smallest absolute Gasteiger partial charge is 0.341 e. The second-order valence-electron chi connectivity index (χ2n) is 7.07. The molecule has 1 amide bonds. The standard InChI is InChI=1S/C22H27NO5S/c1-7-27-22(26)19-14(5)20(15(6)24)29-21(19)23-18(25)11-28-17-10-13(4)8-9-16(17)12(2)3/h8-10,12H,7,11H2,1-6H3,(H,23,25). The van der Waals surface area contributed by atoms with Crippen molar-refractivity contribution in [1.29, 1.82) is 0 Å². The topological polar surface area (TPSA) is 81.7 Å². The van der Waals surface area contributed by atoms with E-state index in [1.165, 1.54) is 6.92 Å². The Morgan fingerprint density at radius 2 is 1.86 bits per heavy atom. The van der Waals surface area contributed by atoms with Crippen molar-refractivity contribution in [2.75, 3.05) is 18.5 Å². The highest BCUT2D eigenvalue weighted by atomic mass is 32.1. The van der Waals surface area contributed by atoms with Crippen molar-refractivity contribution in [2.24, 2.45) is 0 Å². The van der Waals surface area contributed by atoms with Crippen LogP contribution in [0.2, 0.25) is 0 Å². The molecule has 1 aromatic carbocycles. The maximum Gasteiger partial charge on any atom is 0.341 e. The van der Waals surface area contributed by atoms with Gasteiger partial charge in [0, 0.05) is 0 Å². The fourth-order valence-electron chi connectivity index (χ4n) is 2.94. The molecule has 0 radical (unpaired) electrons. The lowest BCUT2D eigenvalue weighted by Crippen LogP contribution is -2.21. The summed E-state index contributed by atoms with van der Waals surface area (Å²) >= 11 is 1.07. The van der Waals surface area contributed by atoms with E-state index in [0.717, 1.165) is 22.5 Å².